The van der Waals surface area contributed by atoms with E-state index in [-0.39, 0.29) is 12.6 Å². The van der Waals surface area contributed by atoms with E-state index in [2.05, 4.69) is 50.5 Å². The predicted octanol–water partition coefficient (Wildman–Crippen LogP) is 2.23. The average Bonchev–Trinajstić information content (AvgIpc) is 2.53. The average molecular weight is 306 g/mol. The summed E-state index contributed by atoms with van der Waals surface area (Å²) in [6, 6.07) is 2.38. The Balaban J connectivity index is 2.15. The third kappa shape index (κ3) is 3.96. The van der Waals surface area contributed by atoms with Gasteiger partial charge < -0.3 is 10.0 Å². The maximum atomic E-state index is 9.29. The summed E-state index contributed by atoms with van der Waals surface area (Å²) in [5, 5.41) is 9.29. The van der Waals surface area contributed by atoms with Gasteiger partial charge in [-0.25, -0.2) is 9.97 Å². The van der Waals surface area contributed by atoms with Crippen LogP contribution in [-0.4, -0.2) is 58.8 Å². The summed E-state index contributed by atoms with van der Waals surface area (Å²) < 4.78 is 0. The molecule has 1 fully saturated rings. The number of aliphatic hydroxyl groups is 1. The smallest absolute Gasteiger partial charge is 0.133 e. The lowest BCUT2D eigenvalue weighted by Crippen LogP contribution is -2.50. The van der Waals surface area contributed by atoms with Crippen molar-refractivity contribution in [3.63, 3.8) is 0 Å². The maximum Gasteiger partial charge on any atom is 0.133 e. The molecule has 1 atom stereocenters. The fourth-order valence-corrected chi connectivity index (χ4v) is 2.69. The zero-order valence-corrected chi connectivity index (χ0v) is 14.6. The molecule has 0 aromatic carbocycles. The first kappa shape index (κ1) is 17.2. The molecule has 1 aliphatic rings. The lowest BCUT2D eigenvalue weighted by atomic mass is 10.1. The van der Waals surface area contributed by atoms with Crippen molar-refractivity contribution in [3.8, 4) is 0 Å². The van der Waals surface area contributed by atoms with E-state index in [0.717, 1.165) is 43.5 Å². The number of nitrogens with zero attached hydrogens (tertiary/aromatic N) is 4. The van der Waals surface area contributed by atoms with Crippen molar-refractivity contribution in [2.75, 3.05) is 37.7 Å². The Labute approximate surface area is 134 Å². The van der Waals surface area contributed by atoms with Crippen LogP contribution in [0.3, 0.4) is 0 Å². The summed E-state index contributed by atoms with van der Waals surface area (Å²) in [5.74, 6) is 2.74. The summed E-state index contributed by atoms with van der Waals surface area (Å²) in [7, 11) is 0. The Morgan fingerprint density at radius 3 is 2.14 bits per heavy atom. The molecule has 0 amide bonds. The molecule has 1 aromatic heterocycles. The highest BCUT2D eigenvalue weighted by Crippen LogP contribution is 2.23. The Hall–Kier alpha value is -1.20. The van der Waals surface area contributed by atoms with Crippen molar-refractivity contribution >= 4 is 5.82 Å². The zero-order valence-electron chi connectivity index (χ0n) is 14.6. The van der Waals surface area contributed by atoms with Gasteiger partial charge in [-0.2, -0.15) is 0 Å². The Morgan fingerprint density at radius 2 is 1.64 bits per heavy atom. The molecule has 0 bridgehead atoms. The minimum absolute atomic E-state index is 0.225. The van der Waals surface area contributed by atoms with Gasteiger partial charge in [-0.05, 0) is 12.8 Å². The topological polar surface area (TPSA) is 52.5 Å². The van der Waals surface area contributed by atoms with E-state index < -0.39 is 0 Å². The fraction of sp³-hybridized carbons (Fsp3) is 0.765. The summed E-state index contributed by atoms with van der Waals surface area (Å²) >= 11 is 0. The monoisotopic (exact) mass is 306 g/mol. The predicted molar refractivity (Wildman–Crippen MR) is 90.5 cm³/mol. The molecule has 1 saturated heterocycles. The molecule has 2 heterocycles. The fourth-order valence-electron chi connectivity index (χ4n) is 2.69. The molecule has 1 aromatic rings. The van der Waals surface area contributed by atoms with Gasteiger partial charge in [-0.1, -0.05) is 27.7 Å². The van der Waals surface area contributed by atoms with Gasteiger partial charge >= 0.3 is 0 Å². The van der Waals surface area contributed by atoms with Crippen LogP contribution in [-0.2, 0) is 0 Å². The van der Waals surface area contributed by atoms with Crippen molar-refractivity contribution < 1.29 is 5.11 Å². The molecule has 124 valence electrons. The van der Waals surface area contributed by atoms with E-state index >= 15 is 0 Å². The minimum Gasteiger partial charge on any atom is -0.395 e. The van der Waals surface area contributed by atoms with E-state index in [1.54, 1.807) is 0 Å². The van der Waals surface area contributed by atoms with E-state index in [1.165, 1.54) is 0 Å². The van der Waals surface area contributed by atoms with Gasteiger partial charge in [0.25, 0.3) is 0 Å². The van der Waals surface area contributed by atoms with Crippen LogP contribution in [0.1, 0.15) is 58.0 Å². The van der Waals surface area contributed by atoms with Crippen molar-refractivity contribution in [1.82, 2.24) is 14.9 Å². The van der Waals surface area contributed by atoms with E-state index in [9.17, 15) is 5.11 Å². The first-order valence-electron chi connectivity index (χ1n) is 8.41. The van der Waals surface area contributed by atoms with Crippen molar-refractivity contribution in [2.24, 2.45) is 0 Å². The van der Waals surface area contributed by atoms with Crippen LogP contribution in [0.25, 0.3) is 0 Å². The molecule has 1 N–H and O–H groups in total. The van der Waals surface area contributed by atoms with Crippen LogP contribution in [0.4, 0.5) is 5.82 Å². The van der Waals surface area contributed by atoms with Gasteiger partial charge in [0, 0.05) is 49.9 Å². The molecular weight excluding hydrogens is 276 g/mol. The molecule has 0 aliphatic carbocycles. The molecular formula is C17H30N4O. The quantitative estimate of drug-likeness (QED) is 0.904. The SMILES string of the molecule is CC(C)c1cc(N2CCN(C(C)CO)CC2)nc(C(C)C)n1. The third-order valence-electron chi connectivity index (χ3n) is 4.38. The number of hydrogen-bond acceptors (Lipinski definition) is 5. The molecule has 22 heavy (non-hydrogen) atoms. The van der Waals surface area contributed by atoms with Gasteiger partial charge in [-0.15, -0.1) is 0 Å². The molecule has 5 nitrogen and oxygen atoms in total. The standard InChI is InChI=1S/C17H30N4O/c1-12(2)15-10-16(19-17(18-15)13(3)4)21-8-6-20(7-9-21)14(5)11-22/h10,12-14,22H,6-9,11H2,1-5H3. The number of aliphatic hydroxyl groups excluding tert-OH is 1. The Kier molecular flexibility index (Phi) is 5.75. The number of anilines is 1. The van der Waals surface area contributed by atoms with Gasteiger partial charge in [0.2, 0.25) is 0 Å². The maximum absolute atomic E-state index is 9.29. The van der Waals surface area contributed by atoms with Gasteiger partial charge in [0.15, 0.2) is 0 Å². The highest BCUT2D eigenvalue weighted by molar-refractivity contribution is 5.41. The molecule has 0 saturated carbocycles. The largest absolute Gasteiger partial charge is 0.395 e. The van der Waals surface area contributed by atoms with Crippen LogP contribution < -0.4 is 4.90 Å². The van der Waals surface area contributed by atoms with E-state index in [0.29, 0.717) is 11.8 Å². The lowest BCUT2D eigenvalue weighted by Gasteiger charge is -2.38. The first-order valence-corrected chi connectivity index (χ1v) is 8.41. The summed E-state index contributed by atoms with van der Waals surface area (Å²) in [6.45, 7) is 14.8. The number of hydrogen-bond donors (Lipinski definition) is 1. The number of aromatic nitrogens is 2. The minimum atomic E-state index is 0.225. The normalized spacial score (nSPS) is 18.3. The second-order valence-corrected chi connectivity index (χ2v) is 6.87. The van der Waals surface area contributed by atoms with Gasteiger partial charge in [-0.3, -0.25) is 4.90 Å². The second-order valence-electron chi connectivity index (χ2n) is 6.87. The zero-order chi connectivity index (χ0) is 16.3. The molecule has 0 radical (unpaired) electrons. The van der Waals surface area contributed by atoms with Crippen LogP contribution >= 0.6 is 0 Å². The first-order chi connectivity index (χ1) is 10.4. The molecule has 1 aliphatic heterocycles. The highest BCUT2D eigenvalue weighted by Gasteiger charge is 2.22. The summed E-state index contributed by atoms with van der Waals surface area (Å²) in [6.07, 6.45) is 0. The molecule has 1 unspecified atom stereocenters. The van der Waals surface area contributed by atoms with Crippen molar-refractivity contribution in [2.45, 2.75) is 52.5 Å². The molecule has 5 heteroatoms. The van der Waals surface area contributed by atoms with Gasteiger partial charge in [0.1, 0.15) is 11.6 Å². The Morgan fingerprint density at radius 1 is 1.00 bits per heavy atom. The summed E-state index contributed by atoms with van der Waals surface area (Å²) in [4.78, 5) is 14.2. The van der Waals surface area contributed by atoms with Crippen LogP contribution in [0.5, 0.6) is 0 Å². The van der Waals surface area contributed by atoms with Crippen LogP contribution in [0.15, 0.2) is 6.07 Å². The summed E-state index contributed by atoms with van der Waals surface area (Å²) in [5.41, 5.74) is 1.12. The lowest BCUT2D eigenvalue weighted by molar-refractivity contribution is 0.128. The second kappa shape index (κ2) is 7.38. The third-order valence-corrected chi connectivity index (χ3v) is 4.38. The van der Waals surface area contributed by atoms with Crippen LogP contribution in [0.2, 0.25) is 0 Å². The van der Waals surface area contributed by atoms with E-state index in [1.807, 2.05) is 0 Å². The van der Waals surface area contributed by atoms with Crippen molar-refractivity contribution in [1.29, 1.82) is 0 Å². The molecule has 0 spiro atoms. The Bertz CT molecular complexity index is 455. The van der Waals surface area contributed by atoms with Gasteiger partial charge in [0.05, 0.1) is 6.61 Å². The molecule has 2 rings (SSSR count). The highest BCUT2D eigenvalue weighted by atomic mass is 16.3. The van der Waals surface area contributed by atoms with Crippen LogP contribution in [0, 0.1) is 0 Å². The number of piperazine rings is 1. The van der Waals surface area contributed by atoms with E-state index in [4.69, 9.17) is 9.97 Å². The van der Waals surface area contributed by atoms with Crippen molar-refractivity contribution in [3.05, 3.63) is 17.6 Å². The number of rotatable bonds is 5.